The van der Waals surface area contributed by atoms with Crippen LogP contribution in [-0.4, -0.2) is 26.9 Å². The quantitative estimate of drug-likeness (QED) is 0.101. The molecule has 0 aromatic heterocycles. The number of rotatable bonds is 27. The molecule has 0 aliphatic rings. The van der Waals surface area contributed by atoms with E-state index in [9.17, 15) is 13.2 Å². The molecule has 0 amide bonds. The van der Waals surface area contributed by atoms with Gasteiger partial charge in [0.15, 0.2) is 5.78 Å². The summed E-state index contributed by atoms with van der Waals surface area (Å²) in [5, 5.41) is 0. The van der Waals surface area contributed by atoms with Crippen LogP contribution in [0.4, 0.5) is 0 Å². The van der Waals surface area contributed by atoms with Crippen molar-refractivity contribution in [3.05, 3.63) is 0 Å². The van der Waals surface area contributed by atoms with Gasteiger partial charge in [-0.1, -0.05) is 142 Å². The Hall–Kier alpha value is -0.460. The van der Waals surface area contributed by atoms with E-state index in [4.69, 9.17) is 4.18 Å². The van der Waals surface area contributed by atoms with Crippen molar-refractivity contribution in [1.82, 2.24) is 0 Å². The number of ketones is 1. The van der Waals surface area contributed by atoms with Gasteiger partial charge in [-0.25, -0.2) is 4.18 Å². The van der Waals surface area contributed by atoms with Crippen molar-refractivity contribution in [2.75, 3.05) is 7.11 Å². The first kappa shape index (κ1) is 34.5. The molecule has 0 bridgehead atoms. The second-order valence-corrected chi connectivity index (χ2v) is 11.8. The minimum atomic E-state index is -4.15. The molecule has 0 aromatic rings. The van der Waals surface area contributed by atoms with E-state index >= 15 is 0 Å². The molecule has 0 saturated heterocycles. The molecule has 0 aromatic carbocycles. The fourth-order valence-electron chi connectivity index (χ4n) is 4.65. The van der Waals surface area contributed by atoms with Crippen LogP contribution >= 0.6 is 0 Å². The number of carbonyl (C=O) groups excluding carboxylic acids is 1. The van der Waals surface area contributed by atoms with Crippen LogP contribution < -0.4 is 0 Å². The smallest absolute Gasteiger partial charge is 0.296 e. The summed E-state index contributed by atoms with van der Waals surface area (Å²) < 4.78 is 33.5. The van der Waals surface area contributed by atoms with Gasteiger partial charge in [0.2, 0.25) is 0 Å². The Labute approximate surface area is 218 Å². The van der Waals surface area contributed by atoms with Crippen LogP contribution in [-0.2, 0) is 23.6 Å². The molecule has 0 saturated carbocycles. The van der Waals surface area contributed by atoms with Gasteiger partial charge in [0.1, 0.15) is 5.60 Å². The Balaban J connectivity index is 4.02. The summed E-state index contributed by atoms with van der Waals surface area (Å²) in [5.41, 5.74) is -1.32. The number of unbranched alkanes of at least 4 members (excludes halogenated alkanes) is 19. The number of carbonyl (C=O) groups is 1. The molecule has 0 aliphatic carbocycles. The maximum atomic E-state index is 12.9. The van der Waals surface area contributed by atoms with E-state index in [2.05, 4.69) is 18.0 Å². The molecule has 0 rings (SSSR count). The lowest BCUT2D eigenvalue weighted by Crippen LogP contribution is -2.40. The van der Waals surface area contributed by atoms with E-state index in [1.165, 1.54) is 96.3 Å². The summed E-state index contributed by atoms with van der Waals surface area (Å²) in [7, 11) is -3.09. The van der Waals surface area contributed by atoms with Gasteiger partial charge in [0.05, 0.1) is 7.11 Å². The van der Waals surface area contributed by atoms with Crippen LogP contribution in [0.15, 0.2) is 0 Å². The maximum absolute atomic E-state index is 12.9. The van der Waals surface area contributed by atoms with Crippen LogP contribution in [0.5, 0.6) is 0 Å². The zero-order valence-corrected chi connectivity index (χ0v) is 24.5. The Morgan fingerprint density at radius 2 is 0.943 bits per heavy atom. The second kappa shape index (κ2) is 22.7. The van der Waals surface area contributed by atoms with Crippen molar-refractivity contribution >= 4 is 16.2 Å². The van der Waals surface area contributed by atoms with Gasteiger partial charge >= 0.3 is 10.4 Å². The highest BCUT2D eigenvalue weighted by Gasteiger charge is 2.38. The van der Waals surface area contributed by atoms with Crippen molar-refractivity contribution in [2.24, 2.45) is 0 Å². The van der Waals surface area contributed by atoms with Gasteiger partial charge in [0.25, 0.3) is 0 Å². The largest absolute Gasteiger partial charge is 0.400 e. The Morgan fingerprint density at radius 3 is 1.31 bits per heavy atom. The predicted molar refractivity (Wildman–Crippen MR) is 148 cm³/mol. The van der Waals surface area contributed by atoms with E-state index in [-0.39, 0.29) is 5.78 Å². The highest BCUT2D eigenvalue weighted by atomic mass is 32.3. The van der Waals surface area contributed by atoms with Crippen LogP contribution in [0.3, 0.4) is 0 Å². The molecule has 210 valence electrons. The van der Waals surface area contributed by atoms with Crippen LogP contribution in [0, 0.1) is 0 Å². The van der Waals surface area contributed by atoms with E-state index in [1.54, 1.807) is 6.92 Å². The molecule has 1 atom stereocenters. The fourth-order valence-corrected chi connectivity index (χ4v) is 5.35. The molecular weight excluding hydrogens is 460 g/mol. The normalized spacial score (nSPS) is 13.7. The van der Waals surface area contributed by atoms with Gasteiger partial charge in [0, 0.05) is 6.42 Å². The standard InChI is InChI=1S/C29H58O5S/c1-5-7-9-11-13-14-15-16-17-18-19-20-21-22-24-26-28(30)29(3,34-35(31,32)33-4)27-25-23-12-10-8-6-2/h5-27H2,1-4H3. The molecule has 0 fully saturated rings. The Kier molecular flexibility index (Phi) is 22.4. The number of Topliss-reactive ketones (excluding diaryl/α,β-unsaturated/α-hetero) is 1. The van der Waals surface area contributed by atoms with Gasteiger partial charge in [-0.2, -0.15) is 8.42 Å². The minimum absolute atomic E-state index is 0.124. The molecule has 5 nitrogen and oxygen atoms in total. The summed E-state index contributed by atoms with van der Waals surface area (Å²) in [5.74, 6) is -0.124. The molecule has 6 heteroatoms. The Morgan fingerprint density at radius 1 is 0.600 bits per heavy atom. The lowest BCUT2D eigenvalue weighted by molar-refractivity contribution is -0.134. The lowest BCUT2D eigenvalue weighted by Gasteiger charge is -2.27. The summed E-state index contributed by atoms with van der Waals surface area (Å²) >= 11 is 0. The zero-order valence-electron chi connectivity index (χ0n) is 23.7. The first-order valence-electron chi connectivity index (χ1n) is 14.9. The average molecular weight is 519 g/mol. The SMILES string of the molecule is CCCCCCCCCCCCCCCCCC(=O)C(C)(CCCCCCCC)OS(=O)(=O)OC. The molecule has 0 radical (unpaired) electrons. The van der Waals surface area contributed by atoms with Crippen molar-refractivity contribution < 1.29 is 21.6 Å². The van der Waals surface area contributed by atoms with Crippen molar-refractivity contribution in [3.8, 4) is 0 Å². The van der Waals surface area contributed by atoms with Crippen molar-refractivity contribution in [3.63, 3.8) is 0 Å². The van der Waals surface area contributed by atoms with E-state index < -0.39 is 16.0 Å². The van der Waals surface area contributed by atoms with E-state index in [0.29, 0.717) is 12.8 Å². The fraction of sp³-hybridized carbons (Fsp3) is 0.966. The third kappa shape index (κ3) is 20.3. The first-order chi connectivity index (χ1) is 16.8. The first-order valence-corrected chi connectivity index (χ1v) is 16.2. The topological polar surface area (TPSA) is 69.7 Å². The number of hydrogen-bond acceptors (Lipinski definition) is 5. The van der Waals surface area contributed by atoms with E-state index in [0.717, 1.165) is 45.6 Å². The van der Waals surface area contributed by atoms with Crippen LogP contribution in [0.25, 0.3) is 0 Å². The zero-order chi connectivity index (χ0) is 26.3. The van der Waals surface area contributed by atoms with Crippen LogP contribution in [0.1, 0.15) is 168 Å². The lowest BCUT2D eigenvalue weighted by atomic mass is 9.90. The van der Waals surface area contributed by atoms with Gasteiger partial charge in [-0.3, -0.25) is 8.98 Å². The summed E-state index contributed by atoms with van der Waals surface area (Å²) in [6, 6.07) is 0. The van der Waals surface area contributed by atoms with Gasteiger partial charge < -0.3 is 0 Å². The predicted octanol–water partition coefficient (Wildman–Crippen LogP) is 9.23. The molecule has 0 aliphatic heterocycles. The van der Waals surface area contributed by atoms with Crippen molar-refractivity contribution in [1.29, 1.82) is 0 Å². The third-order valence-electron chi connectivity index (χ3n) is 7.09. The third-order valence-corrected chi connectivity index (χ3v) is 8.07. The highest BCUT2D eigenvalue weighted by Crippen LogP contribution is 2.27. The molecule has 35 heavy (non-hydrogen) atoms. The second-order valence-electron chi connectivity index (χ2n) is 10.5. The summed E-state index contributed by atoms with van der Waals surface area (Å²) in [6.07, 6.45) is 26.4. The highest BCUT2D eigenvalue weighted by molar-refractivity contribution is 7.81. The molecule has 1 unspecified atom stereocenters. The number of hydrogen-bond donors (Lipinski definition) is 0. The van der Waals surface area contributed by atoms with Crippen LogP contribution in [0.2, 0.25) is 0 Å². The maximum Gasteiger partial charge on any atom is 0.400 e. The van der Waals surface area contributed by atoms with E-state index in [1.807, 2.05) is 0 Å². The van der Waals surface area contributed by atoms with Gasteiger partial charge in [-0.15, -0.1) is 0 Å². The Bertz CT molecular complexity index is 590. The van der Waals surface area contributed by atoms with Gasteiger partial charge in [-0.05, 0) is 19.8 Å². The minimum Gasteiger partial charge on any atom is -0.296 e. The van der Waals surface area contributed by atoms with Crippen molar-refractivity contribution in [2.45, 2.75) is 174 Å². The molecule has 0 heterocycles. The molecule has 0 spiro atoms. The molecular formula is C29H58O5S. The monoisotopic (exact) mass is 518 g/mol. The summed E-state index contributed by atoms with van der Waals surface area (Å²) in [6.45, 7) is 6.06. The summed E-state index contributed by atoms with van der Waals surface area (Å²) in [4.78, 5) is 12.9. The molecule has 0 N–H and O–H groups in total. The average Bonchev–Trinajstić information content (AvgIpc) is 2.83.